The third-order valence-corrected chi connectivity index (χ3v) is 5.45. The van der Waals surface area contributed by atoms with Crippen molar-refractivity contribution in [1.29, 1.82) is 0 Å². The summed E-state index contributed by atoms with van der Waals surface area (Å²) in [6.45, 7) is 3.99. The predicted octanol–water partition coefficient (Wildman–Crippen LogP) is 4.05. The van der Waals surface area contributed by atoms with E-state index >= 15 is 0 Å². The van der Waals surface area contributed by atoms with Gasteiger partial charge in [-0.25, -0.2) is 4.39 Å². The number of benzene rings is 2. The normalized spacial score (nSPS) is 15.1. The Bertz CT molecular complexity index is 1210. The van der Waals surface area contributed by atoms with Crippen LogP contribution in [-0.4, -0.2) is 17.1 Å². The Kier molecular flexibility index (Phi) is 3.22. The van der Waals surface area contributed by atoms with Gasteiger partial charge in [0, 0.05) is 22.6 Å². The molecule has 3 aromatic rings. The molecule has 5 rings (SSSR count). The first-order chi connectivity index (χ1) is 13.0. The number of aromatic nitrogens is 1. The van der Waals surface area contributed by atoms with Gasteiger partial charge in [-0.2, -0.15) is 0 Å². The zero-order chi connectivity index (χ0) is 18.9. The SMILES string of the molecule is CCC(C)n1c2c(c3ccc(F)cc3c1=O)C(=O)c1cc3c(cc1-2)OCO3. The molecule has 6 heteroatoms. The molecule has 0 N–H and O–H groups in total. The van der Waals surface area contributed by atoms with Crippen LogP contribution >= 0.6 is 0 Å². The van der Waals surface area contributed by atoms with Crippen molar-refractivity contribution in [3.63, 3.8) is 0 Å². The van der Waals surface area contributed by atoms with Gasteiger partial charge in [-0.15, -0.1) is 0 Å². The average molecular weight is 365 g/mol. The molecular formula is C21H16FNO4. The molecule has 0 bridgehead atoms. The van der Waals surface area contributed by atoms with Gasteiger partial charge in [0.25, 0.3) is 5.56 Å². The highest BCUT2D eigenvalue weighted by molar-refractivity contribution is 6.27. The number of halogens is 1. The van der Waals surface area contributed by atoms with Crippen LogP contribution in [0.4, 0.5) is 4.39 Å². The van der Waals surface area contributed by atoms with E-state index in [1.807, 2.05) is 13.8 Å². The molecule has 0 saturated carbocycles. The van der Waals surface area contributed by atoms with Crippen molar-refractivity contribution in [1.82, 2.24) is 4.57 Å². The molecule has 5 nitrogen and oxygen atoms in total. The van der Waals surface area contributed by atoms with Crippen molar-refractivity contribution in [2.75, 3.05) is 6.79 Å². The maximum absolute atomic E-state index is 13.8. The van der Waals surface area contributed by atoms with Crippen LogP contribution in [0.5, 0.6) is 11.5 Å². The van der Waals surface area contributed by atoms with Gasteiger partial charge in [-0.1, -0.05) is 13.0 Å². The fourth-order valence-corrected chi connectivity index (χ4v) is 3.95. The van der Waals surface area contributed by atoms with Gasteiger partial charge >= 0.3 is 0 Å². The molecule has 0 saturated heterocycles. The number of carbonyl (C=O) groups is 1. The molecule has 0 radical (unpaired) electrons. The van der Waals surface area contributed by atoms with E-state index in [1.54, 1.807) is 16.7 Å². The Hall–Kier alpha value is -3.15. The van der Waals surface area contributed by atoms with Crippen LogP contribution < -0.4 is 15.0 Å². The Morgan fingerprint density at radius 2 is 1.78 bits per heavy atom. The minimum Gasteiger partial charge on any atom is -0.454 e. The van der Waals surface area contributed by atoms with Gasteiger partial charge in [0.15, 0.2) is 17.3 Å². The molecule has 0 fully saturated rings. The van der Waals surface area contributed by atoms with Crippen molar-refractivity contribution < 1.29 is 18.7 Å². The van der Waals surface area contributed by atoms with Gasteiger partial charge in [0.1, 0.15) is 5.82 Å². The highest BCUT2D eigenvalue weighted by atomic mass is 19.1. The lowest BCUT2D eigenvalue weighted by Gasteiger charge is -2.20. The molecule has 136 valence electrons. The van der Waals surface area contributed by atoms with E-state index in [0.29, 0.717) is 45.7 Å². The Labute approximate surface area is 153 Å². The summed E-state index contributed by atoms with van der Waals surface area (Å²) < 4.78 is 26.3. The second-order valence-electron chi connectivity index (χ2n) is 6.93. The summed E-state index contributed by atoms with van der Waals surface area (Å²) in [6, 6.07) is 7.27. The van der Waals surface area contributed by atoms with Crippen molar-refractivity contribution in [3.8, 4) is 22.8 Å². The molecule has 1 unspecified atom stereocenters. The van der Waals surface area contributed by atoms with E-state index in [0.717, 1.165) is 0 Å². The third-order valence-electron chi connectivity index (χ3n) is 5.45. The lowest BCUT2D eigenvalue weighted by Crippen LogP contribution is -2.26. The fraction of sp³-hybridized carbons (Fsp3) is 0.238. The maximum Gasteiger partial charge on any atom is 0.259 e. The minimum atomic E-state index is -0.501. The molecule has 27 heavy (non-hydrogen) atoms. The van der Waals surface area contributed by atoms with Crippen LogP contribution in [-0.2, 0) is 0 Å². The summed E-state index contributed by atoms with van der Waals surface area (Å²) in [5.41, 5.74) is 1.84. The lowest BCUT2D eigenvalue weighted by molar-refractivity contribution is 0.104. The van der Waals surface area contributed by atoms with E-state index in [1.165, 1.54) is 18.2 Å². The number of rotatable bonds is 2. The summed E-state index contributed by atoms with van der Waals surface area (Å²) >= 11 is 0. The number of carbonyl (C=O) groups excluding carboxylic acids is 1. The van der Waals surface area contributed by atoms with Crippen LogP contribution in [0.25, 0.3) is 22.0 Å². The first kappa shape index (κ1) is 16.1. The third kappa shape index (κ3) is 2.04. The second-order valence-corrected chi connectivity index (χ2v) is 6.93. The molecular weight excluding hydrogens is 349 g/mol. The summed E-state index contributed by atoms with van der Waals surface area (Å²) in [6.07, 6.45) is 0.696. The number of hydrogen-bond donors (Lipinski definition) is 0. The highest BCUT2D eigenvalue weighted by Crippen LogP contribution is 2.46. The molecule has 1 aliphatic heterocycles. The zero-order valence-corrected chi connectivity index (χ0v) is 14.8. The van der Waals surface area contributed by atoms with Crippen molar-refractivity contribution in [2.24, 2.45) is 0 Å². The minimum absolute atomic E-state index is 0.106. The van der Waals surface area contributed by atoms with Crippen LogP contribution in [0.2, 0.25) is 0 Å². The highest BCUT2D eigenvalue weighted by Gasteiger charge is 2.36. The Balaban J connectivity index is 1.96. The Morgan fingerprint density at radius 3 is 2.48 bits per heavy atom. The number of ketones is 1. The first-order valence-corrected chi connectivity index (χ1v) is 8.87. The largest absolute Gasteiger partial charge is 0.454 e. The van der Waals surface area contributed by atoms with E-state index in [2.05, 4.69) is 0 Å². The topological polar surface area (TPSA) is 57.5 Å². The van der Waals surface area contributed by atoms with Gasteiger partial charge in [0.2, 0.25) is 6.79 Å². The number of fused-ring (bicyclic) bond motifs is 6. The number of pyridine rings is 1. The molecule has 0 amide bonds. The summed E-state index contributed by atoms with van der Waals surface area (Å²) in [4.78, 5) is 26.5. The van der Waals surface area contributed by atoms with E-state index in [-0.39, 0.29) is 29.6 Å². The van der Waals surface area contributed by atoms with Crippen LogP contribution in [0.15, 0.2) is 35.1 Å². The molecule has 2 aromatic carbocycles. The second kappa shape index (κ2) is 5.42. The molecule has 0 spiro atoms. The molecule has 2 aliphatic rings. The van der Waals surface area contributed by atoms with Gasteiger partial charge in [-0.05, 0) is 37.6 Å². The lowest BCUT2D eigenvalue weighted by atomic mass is 10.0. The summed E-state index contributed by atoms with van der Waals surface area (Å²) in [5, 5.41) is 0.689. The van der Waals surface area contributed by atoms with Crippen LogP contribution in [0, 0.1) is 5.82 Å². The standard InChI is InChI=1S/C21H16FNO4/c1-3-10(2)23-19-13-7-16-17(27-9-26-16)8-14(13)20(24)18(19)12-5-4-11(22)6-15(12)21(23)25/h4-8,10H,3,9H2,1-2H3. The van der Waals surface area contributed by atoms with Gasteiger partial charge < -0.3 is 14.0 Å². The number of nitrogens with zero attached hydrogens (tertiary/aromatic N) is 1. The fourth-order valence-electron chi connectivity index (χ4n) is 3.95. The summed E-state index contributed by atoms with van der Waals surface area (Å²) in [7, 11) is 0. The van der Waals surface area contributed by atoms with Crippen molar-refractivity contribution >= 4 is 16.6 Å². The van der Waals surface area contributed by atoms with Gasteiger partial charge in [-0.3, -0.25) is 9.59 Å². The predicted molar refractivity (Wildman–Crippen MR) is 98.2 cm³/mol. The van der Waals surface area contributed by atoms with Crippen LogP contribution in [0.1, 0.15) is 42.2 Å². The number of ether oxygens (including phenoxy) is 2. The monoisotopic (exact) mass is 365 g/mol. The van der Waals surface area contributed by atoms with Crippen LogP contribution in [0.3, 0.4) is 0 Å². The molecule has 1 atom stereocenters. The number of hydrogen-bond acceptors (Lipinski definition) is 4. The molecule has 1 aliphatic carbocycles. The maximum atomic E-state index is 13.8. The van der Waals surface area contributed by atoms with Crippen molar-refractivity contribution in [3.05, 3.63) is 57.6 Å². The van der Waals surface area contributed by atoms with E-state index in [9.17, 15) is 14.0 Å². The molecule has 1 aromatic heterocycles. The molecule has 2 heterocycles. The van der Waals surface area contributed by atoms with E-state index in [4.69, 9.17) is 9.47 Å². The smallest absolute Gasteiger partial charge is 0.259 e. The van der Waals surface area contributed by atoms with Crippen molar-refractivity contribution in [2.45, 2.75) is 26.3 Å². The van der Waals surface area contributed by atoms with Gasteiger partial charge in [0.05, 0.1) is 16.6 Å². The zero-order valence-electron chi connectivity index (χ0n) is 14.8. The quantitative estimate of drug-likeness (QED) is 0.538. The average Bonchev–Trinajstić information content (AvgIpc) is 3.23. The first-order valence-electron chi connectivity index (χ1n) is 8.87. The Morgan fingerprint density at radius 1 is 1.07 bits per heavy atom. The van der Waals surface area contributed by atoms with E-state index < -0.39 is 5.82 Å². The summed E-state index contributed by atoms with van der Waals surface area (Å²) in [5.74, 6) is 0.380.